The van der Waals surface area contributed by atoms with Crippen molar-refractivity contribution in [2.45, 2.75) is 51.0 Å². The van der Waals surface area contributed by atoms with E-state index in [1.54, 1.807) is 0 Å². The molecule has 3 nitrogen and oxygen atoms in total. The minimum absolute atomic E-state index is 0.241. The van der Waals surface area contributed by atoms with Gasteiger partial charge in [0.2, 0.25) is 0 Å². The first-order chi connectivity index (χ1) is 8.70. The average molecular weight is 248 g/mol. The molecule has 2 rings (SSSR count). The highest BCUT2D eigenvalue weighted by Gasteiger charge is 2.29. The molecule has 1 aliphatic heterocycles. The summed E-state index contributed by atoms with van der Waals surface area (Å²) in [5.74, 6) is 0. The van der Waals surface area contributed by atoms with Crippen LogP contribution in [0.25, 0.3) is 0 Å². The van der Waals surface area contributed by atoms with Crippen LogP contribution in [0.3, 0.4) is 0 Å². The SMILES string of the molecule is CC1CCC(C(CN)NC(C)c2ccccc2)O1. The van der Waals surface area contributed by atoms with E-state index in [0.29, 0.717) is 18.7 Å². The van der Waals surface area contributed by atoms with Gasteiger partial charge in [0.05, 0.1) is 12.2 Å². The summed E-state index contributed by atoms with van der Waals surface area (Å²) in [5, 5.41) is 3.60. The maximum atomic E-state index is 5.91. The van der Waals surface area contributed by atoms with Gasteiger partial charge in [-0.2, -0.15) is 0 Å². The average Bonchev–Trinajstić information content (AvgIpc) is 2.83. The number of ether oxygens (including phenoxy) is 1. The van der Waals surface area contributed by atoms with E-state index in [4.69, 9.17) is 10.5 Å². The molecule has 0 aromatic heterocycles. The predicted molar refractivity (Wildman–Crippen MR) is 74.4 cm³/mol. The molecule has 1 aliphatic rings. The normalized spacial score (nSPS) is 27.1. The topological polar surface area (TPSA) is 47.3 Å². The zero-order valence-corrected chi connectivity index (χ0v) is 11.3. The number of nitrogens with one attached hydrogen (secondary N) is 1. The minimum atomic E-state index is 0.241. The number of hydrogen-bond donors (Lipinski definition) is 2. The monoisotopic (exact) mass is 248 g/mol. The summed E-state index contributed by atoms with van der Waals surface area (Å²) in [6, 6.07) is 11.0. The van der Waals surface area contributed by atoms with Gasteiger partial charge in [-0.3, -0.25) is 0 Å². The Morgan fingerprint density at radius 1 is 1.33 bits per heavy atom. The van der Waals surface area contributed by atoms with Crippen LogP contribution in [0, 0.1) is 0 Å². The van der Waals surface area contributed by atoms with Gasteiger partial charge in [-0.1, -0.05) is 30.3 Å². The van der Waals surface area contributed by atoms with Crippen LogP contribution >= 0.6 is 0 Å². The van der Waals surface area contributed by atoms with Crippen molar-refractivity contribution < 1.29 is 4.74 Å². The van der Waals surface area contributed by atoms with Crippen LogP contribution in [-0.4, -0.2) is 24.8 Å². The lowest BCUT2D eigenvalue weighted by Crippen LogP contribution is -2.46. The number of rotatable bonds is 5. The van der Waals surface area contributed by atoms with E-state index in [1.165, 1.54) is 5.56 Å². The maximum absolute atomic E-state index is 5.91. The molecule has 1 aromatic carbocycles. The molecule has 3 heteroatoms. The first-order valence-electron chi connectivity index (χ1n) is 6.87. The summed E-state index contributed by atoms with van der Waals surface area (Å²) in [5.41, 5.74) is 7.18. The van der Waals surface area contributed by atoms with Crippen molar-refractivity contribution >= 4 is 0 Å². The Labute approximate surface area is 110 Å². The fourth-order valence-corrected chi connectivity index (χ4v) is 2.62. The lowest BCUT2D eigenvalue weighted by molar-refractivity contribution is 0.0315. The number of hydrogen-bond acceptors (Lipinski definition) is 3. The van der Waals surface area contributed by atoms with E-state index in [9.17, 15) is 0 Å². The third-order valence-electron chi connectivity index (χ3n) is 3.73. The lowest BCUT2D eigenvalue weighted by Gasteiger charge is -2.27. The van der Waals surface area contributed by atoms with Crippen molar-refractivity contribution in [1.29, 1.82) is 0 Å². The molecule has 0 aliphatic carbocycles. The fraction of sp³-hybridized carbons (Fsp3) is 0.600. The molecule has 0 radical (unpaired) electrons. The highest BCUT2D eigenvalue weighted by Crippen LogP contribution is 2.23. The van der Waals surface area contributed by atoms with E-state index in [2.05, 4.69) is 43.4 Å². The molecular weight excluding hydrogens is 224 g/mol. The van der Waals surface area contributed by atoms with Crippen LogP contribution in [0.2, 0.25) is 0 Å². The van der Waals surface area contributed by atoms with Gasteiger partial charge >= 0.3 is 0 Å². The summed E-state index contributed by atoms with van der Waals surface area (Å²) in [4.78, 5) is 0. The molecule has 1 fully saturated rings. The fourth-order valence-electron chi connectivity index (χ4n) is 2.62. The van der Waals surface area contributed by atoms with Gasteiger partial charge in [-0.25, -0.2) is 0 Å². The molecule has 1 saturated heterocycles. The predicted octanol–water partition coefficient (Wildman–Crippen LogP) is 2.23. The van der Waals surface area contributed by atoms with Crippen molar-refractivity contribution in [2.24, 2.45) is 5.73 Å². The van der Waals surface area contributed by atoms with Crippen LogP contribution in [0.1, 0.15) is 38.3 Å². The summed E-state index contributed by atoms with van der Waals surface area (Å²) in [7, 11) is 0. The van der Waals surface area contributed by atoms with E-state index in [1.807, 2.05) is 6.07 Å². The third-order valence-corrected chi connectivity index (χ3v) is 3.73. The second-order valence-corrected chi connectivity index (χ2v) is 5.20. The van der Waals surface area contributed by atoms with Gasteiger partial charge in [-0.05, 0) is 32.3 Å². The molecular formula is C15H24N2O. The second kappa shape index (κ2) is 6.32. The van der Waals surface area contributed by atoms with Gasteiger partial charge in [0.25, 0.3) is 0 Å². The van der Waals surface area contributed by atoms with Crippen LogP contribution in [0.5, 0.6) is 0 Å². The van der Waals surface area contributed by atoms with Crippen molar-refractivity contribution in [3.05, 3.63) is 35.9 Å². The Morgan fingerprint density at radius 3 is 2.61 bits per heavy atom. The van der Waals surface area contributed by atoms with Crippen molar-refractivity contribution in [2.75, 3.05) is 6.54 Å². The van der Waals surface area contributed by atoms with Crippen LogP contribution in [0.15, 0.2) is 30.3 Å². The molecule has 100 valence electrons. The summed E-state index contributed by atoms with van der Waals surface area (Å²) >= 11 is 0. The van der Waals surface area contributed by atoms with Gasteiger partial charge in [0, 0.05) is 18.6 Å². The first kappa shape index (κ1) is 13.5. The standard InChI is InChI=1S/C15H24N2O/c1-11-8-9-15(18-11)14(10-16)17-12(2)13-6-4-3-5-7-13/h3-7,11-12,14-15,17H,8-10,16H2,1-2H3. The summed E-state index contributed by atoms with van der Waals surface area (Å²) in [6.07, 6.45) is 2.88. The van der Waals surface area contributed by atoms with Gasteiger partial charge in [-0.15, -0.1) is 0 Å². The van der Waals surface area contributed by atoms with Crippen LogP contribution < -0.4 is 11.1 Å². The Kier molecular flexibility index (Phi) is 4.75. The second-order valence-electron chi connectivity index (χ2n) is 5.20. The van der Waals surface area contributed by atoms with E-state index >= 15 is 0 Å². The molecule has 1 aromatic rings. The van der Waals surface area contributed by atoms with Crippen molar-refractivity contribution in [3.8, 4) is 0 Å². The molecule has 1 heterocycles. The van der Waals surface area contributed by atoms with Crippen LogP contribution in [-0.2, 0) is 4.74 Å². The molecule has 0 amide bonds. The zero-order chi connectivity index (χ0) is 13.0. The molecule has 0 saturated carbocycles. The highest BCUT2D eigenvalue weighted by molar-refractivity contribution is 5.18. The molecule has 3 N–H and O–H groups in total. The van der Waals surface area contributed by atoms with Gasteiger partial charge < -0.3 is 15.8 Å². The minimum Gasteiger partial charge on any atom is -0.374 e. The van der Waals surface area contributed by atoms with Gasteiger partial charge in [0.1, 0.15) is 0 Å². The van der Waals surface area contributed by atoms with Crippen molar-refractivity contribution in [1.82, 2.24) is 5.32 Å². The molecule has 0 spiro atoms. The van der Waals surface area contributed by atoms with Gasteiger partial charge in [0.15, 0.2) is 0 Å². The zero-order valence-electron chi connectivity index (χ0n) is 11.3. The Balaban J connectivity index is 1.94. The van der Waals surface area contributed by atoms with E-state index < -0.39 is 0 Å². The van der Waals surface area contributed by atoms with Crippen molar-refractivity contribution in [3.63, 3.8) is 0 Å². The Hall–Kier alpha value is -0.900. The lowest BCUT2D eigenvalue weighted by atomic mass is 10.0. The van der Waals surface area contributed by atoms with E-state index in [0.717, 1.165) is 12.8 Å². The quantitative estimate of drug-likeness (QED) is 0.840. The summed E-state index contributed by atoms with van der Waals surface area (Å²) < 4.78 is 5.91. The Morgan fingerprint density at radius 2 is 2.06 bits per heavy atom. The van der Waals surface area contributed by atoms with E-state index in [-0.39, 0.29) is 12.1 Å². The first-order valence-corrected chi connectivity index (χ1v) is 6.87. The Bertz CT molecular complexity index is 355. The van der Waals surface area contributed by atoms with Crippen LogP contribution in [0.4, 0.5) is 0 Å². The third kappa shape index (κ3) is 3.31. The molecule has 4 atom stereocenters. The highest BCUT2D eigenvalue weighted by atomic mass is 16.5. The maximum Gasteiger partial charge on any atom is 0.0745 e. The smallest absolute Gasteiger partial charge is 0.0745 e. The number of nitrogens with two attached hydrogens (primary N) is 1. The summed E-state index contributed by atoms with van der Waals surface area (Å²) in [6.45, 7) is 4.93. The molecule has 18 heavy (non-hydrogen) atoms. The number of benzene rings is 1. The largest absolute Gasteiger partial charge is 0.374 e. The molecule has 4 unspecified atom stereocenters. The molecule has 0 bridgehead atoms.